The molecule has 0 aliphatic rings. The number of aromatic nitrogens is 1. The molecule has 0 atom stereocenters. The summed E-state index contributed by atoms with van der Waals surface area (Å²) < 4.78 is 32.9. The van der Waals surface area contributed by atoms with Crippen LogP contribution in [0.2, 0.25) is 0 Å². The van der Waals surface area contributed by atoms with Crippen molar-refractivity contribution in [2.45, 2.75) is 13.0 Å². The third-order valence-corrected chi connectivity index (χ3v) is 4.78. The van der Waals surface area contributed by atoms with Gasteiger partial charge in [0.05, 0.1) is 6.26 Å². The van der Waals surface area contributed by atoms with E-state index in [0.29, 0.717) is 19.6 Å². The van der Waals surface area contributed by atoms with Crippen LogP contribution in [0.15, 0.2) is 54.7 Å². The molecule has 5 nitrogen and oxygen atoms in total. The number of sulfonamides is 1. The first kappa shape index (κ1) is 17.5. The molecule has 0 spiro atoms. The second-order valence-electron chi connectivity index (χ2n) is 6.13. The summed E-state index contributed by atoms with van der Waals surface area (Å²) in [6.45, 7) is 0.900. The molecule has 0 aliphatic heterocycles. The van der Waals surface area contributed by atoms with Gasteiger partial charge in [0.15, 0.2) is 0 Å². The summed E-state index contributed by atoms with van der Waals surface area (Å²) in [4.78, 5) is 0. The van der Waals surface area contributed by atoms with E-state index in [1.807, 2.05) is 66.3 Å². The largest absolute Gasteiger partial charge is 0.489 e. The van der Waals surface area contributed by atoms with Gasteiger partial charge in [0, 0.05) is 30.7 Å². The lowest BCUT2D eigenvalue weighted by Crippen LogP contribution is -2.24. The minimum atomic E-state index is -3.17. The minimum Gasteiger partial charge on any atom is -0.489 e. The number of ether oxygens (including phenoxy) is 1. The van der Waals surface area contributed by atoms with E-state index in [1.165, 1.54) is 6.26 Å². The van der Waals surface area contributed by atoms with E-state index in [1.54, 1.807) is 0 Å². The van der Waals surface area contributed by atoms with Gasteiger partial charge in [-0.25, -0.2) is 13.1 Å². The SMILES string of the molecule is Cn1cc(CCNS(C)(=O)=O)c2cc(OCc3ccccc3)ccc21. The summed E-state index contributed by atoms with van der Waals surface area (Å²) in [6.07, 6.45) is 3.84. The Kier molecular flexibility index (Phi) is 5.11. The molecular weight excluding hydrogens is 336 g/mol. The highest BCUT2D eigenvalue weighted by molar-refractivity contribution is 7.88. The predicted octanol–water partition coefficient (Wildman–Crippen LogP) is 2.85. The zero-order valence-electron chi connectivity index (χ0n) is 14.4. The van der Waals surface area contributed by atoms with E-state index in [2.05, 4.69) is 4.72 Å². The van der Waals surface area contributed by atoms with Crippen LogP contribution in [-0.4, -0.2) is 25.8 Å². The molecule has 0 fully saturated rings. The molecule has 3 rings (SSSR count). The first-order chi connectivity index (χ1) is 11.9. The van der Waals surface area contributed by atoms with Crippen LogP contribution in [0.1, 0.15) is 11.1 Å². The Morgan fingerprint density at radius 2 is 1.88 bits per heavy atom. The van der Waals surface area contributed by atoms with Crippen molar-refractivity contribution in [1.82, 2.24) is 9.29 Å². The van der Waals surface area contributed by atoms with Crippen LogP contribution in [0.25, 0.3) is 10.9 Å². The molecule has 1 aromatic heterocycles. The number of benzene rings is 2. The van der Waals surface area contributed by atoms with Gasteiger partial charge in [-0.1, -0.05) is 30.3 Å². The van der Waals surface area contributed by atoms with Crippen molar-refractivity contribution >= 4 is 20.9 Å². The molecule has 1 N–H and O–H groups in total. The van der Waals surface area contributed by atoms with Crippen molar-refractivity contribution in [3.8, 4) is 5.75 Å². The summed E-state index contributed by atoms with van der Waals surface area (Å²) in [7, 11) is -1.18. The summed E-state index contributed by atoms with van der Waals surface area (Å²) in [5, 5.41) is 1.09. The maximum Gasteiger partial charge on any atom is 0.208 e. The maximum atomic E-state index is 11.2. The molecule has 0 saturated carbocycles. The molecule has 132 valence electrons. The monoisotopic (exact) mass is 358 g/mol. The third kappa shape index (κ3) is 4.61. The highest BCUT2D eigenvalue weighted by Crippen LogP contribution is 2.26. The molecule has 0 unspecified atom stereocenters. The molecule has 2 aromatic carbocycles. The summed E-state index contributed by atoms with van der Waals surface area (Å²) in [6, 6.07) is 16.0. The van der Waals surface area contributed by atoms with Crippen LogP contribution in [0.4, 0.5) is 0 Å². The zero-order chi connectivity index (χ0) is 17.9. The van der Waals surface area contributed by atoms with E-state index in [4.69, 9.17) is 4.74 Å². The van der Waals surface area contributed by atoms with E-state index in [-0.39, 0.29) is 0 Å². The molecule has 25 heavy (non-hydrogen) atoms. The van der Waals surface area contributed by atoms with Gasteiger partial charge in [-0.05, 0) is 35.7 Å². The third-order valence-electron chi connectivity index (χ3n) is 4.05. The summed E-state index contributed by atoms with van der Waals surface area (Å²) in [5.74, 6) is 0.805. The number of nitrogens with one attached hydrogen (secondary N) is 1. The Hall–Kier alpha value is -2.31. The van der Waals surface area contributed by atoms with Gasteiger partial charge in [0.25, 0.3) is 0 Å². The van der Waals surface area contributed by atoms with Gasteiger partial charge in [-0.3, -0.25) is 0 Å². The Bertz CT molecular complexity index is 963. The Morgan fingerprint density at radius 1 is 1.12 bits per heavy atom. The average Bonchev–Trinajstić information content (AvgIpc) is 2.88. The van der Waals surface area contributed by atoms with Gasteiger partial charge in [0.1, 0.15) is 12.4 Å². The lowest BCUT2D eigenvalue weighted by atomic mass is 10.1. The lowest BCUT2D eigenvalue weighted by molar-refractivity contribution is 0.306. The number of hydrogen-bond acceptors (Lipinski definition) is 3. The molecule has 6 heteroatoms. The molecular formula is C19H22N2O3S. The van der Waals surface area contributed by atoms with Crippen LogP contribution in [-0.2, 0) is 30.1 Å². The number of nitrogens with zero attached hydrogens (tertiary/aromatic N) is 1. The van der Waals surface area contributed by atoms with Crippen LogP contribution >= 0.6 is 0 Å². The standard InChI is InChI=1S/C19H22N2O3S/c1-21-13-16(10-11-20-25(2,22)23)18-12-17(8-9-19(18)21)24-14-15-6-4-3-5-7-15/h3-9,12-13,20H,10-11,14H2,1-2H3. The van der Waals surface area contributed by atoms with Crippen molar-refractivity contribution < 1.29 is 13.2 Å². The molecule has 0 bridgehead atoms. The van der Waals surface area contributed by atoms with Crippen LogP contribution in [0.3, 0.4) is 0 Å². The van der Waals surface area contributed by atoms with Gasteiger partial charge < -0.3 is 9.30 Å². The Labute approximate surface area is 148 Å². The van der Waals surface area contributed by atoms with Gasteiger partial charge in [-0.2, -0.15) is 0 Å². The minimum absolute atomic E-state index is 0.382. The predicted molar refractivity (Wildman–Crippen MR) is 100 cm³/mol. The van der Waals surface area contributed by atoms with Crippen molar-refractivity contribution in [2.75, 3.05) is 12.8 Å². The second kappa shape index (κ2) is 7.29. The number of rotatable bonds is 7. The van der Waals surface area contributed by atoms with E-state index in [0.717, 1.165) is 27.8 Å². The zero-order valence-corrected chi connectivity index (χ0v) is 15.2. The molecule has 1 heterocycles. The van der Waals surface area contributed by atoms with Gasteiger partial charge in [0.2, 0.25) is 10.0 Å². The number of aryl methyl sites for hydroxylation is 1. The summed E-state index contributed by atoms with van der Waals surface area (Å²) >= 11 is 0. The van der Waals surface area contributed by atoms with E-state index >= 15 is 0 Å². The van der Waals surface area contributed by atoms with Crippen molar-refractivity contribution in [2.24, 2.45) is 7.05 Å². The summed E-state index contributed by atoms with van der Waals surface area (Å²) in [5.41, 5.74) is 3.31. The quantitative estimate of drug-likeness (QED) is 0.706. The van der Waals surface area contributed by atoms with Crippen molar-refractivity contribution in [1.29, 1.82) is 0 Å². The first-order valence-electron chi connectivity index (χ1n) is 8.12. The normalized spacial score (nSPS) is 11.8. The molecule has 0 aliphatic carbocycles. The second-order valence-corrected chi connectivity index (χ2v) is 7.97. The van der Waals surface area contributed by atoms with Crippen molar-refractivity contribution in [3.05, 3.63) is 65.9 Å². The first-order valence-corrected chi connectivity index (χ1v) is 10.0. The molecule has 0 amide bonds. The Morgan fingerprint density at radius 3 is 2.60 bits per heavy atom. The van der Waals surface area contributed by atoms with Crippen molar-refractivity contribution in [3.63, 3.8) is 0 Å². The topological polar surface area (TPSA) is 60.3 Å². The maximum absolute atomic E-state index is 11.2. The highest BCUT2D eigenvalue weighted by Gasteiger charge is 2.09. The molecule has 0 saturated heterocycles. The molecule has 3 aromatic rings. The number of fused-ring (bicyclic) bond motifs is 1. The van der Waals surface area contributed by atoms with Gasteiger partial charge >= 0.3 is 0 Å². The van der Waals surface area contributed by atoms with Crippen LogP contribution < -0.4 is 9.46 Å². The van der Waals surface area contributed by atoms with Crippen LogP contribution in [0, 0.1) is 0 Å². The lowest BCUT2D eigenvalue weighted by Gasteiger charge is -2.07. The smallest absolute Gasteiger partial charge is 0.208 e. The van der Waals surface area contributed by atoms with E-state index < -0.39 is 10.0 Å². The average molecular weight is 358 g/mol. The fraction of sp³-hybridized carbons (Fsp3) is 0.263. The molecule has 0 radical (unpaired) electrons. The fourth-order valence-electron chi connectivity index (χ4n) is 2.85. The Balaban J connectivity index is 1.77. The van der Waals surface area contributed by atoms with E-state index in [9.17, 15) is 8.42 Å². The number of hydrogen-bond donors (Lipinski definition) is 1. The van der Waals surface area contributed by atoms with Crippen LogP contribution in [0.5, 0.6) is 5.75 Å². The highest BCUT2D eigenvalue weighted by atomic mass is 32.2. The van der Waals surface area contributed by atoms with Gasteiger partial charge in [-0.15, -0.1) is 0 Å². The fourth-order valence-corrected chi connectivity index (χ4v) is 3.33.